The van der Waals surface area contributed by atoms with Gasteiger partial charge in [-0.15, -0.1) is 11.3 Å². The molecule has 5 nitrogen and oxygen atoms in total. The van der Waals surface area contributed by atoms with Gasteiger partial charge in [0.25, 0.3) is 0 Å². The highest BCUT2D eigenvalue weighted by Gasteiger charge is 2.18. The van der Waals surface area contributed by atoms with Gasteiger partial charge < -0.3 is 5.73 Å². The van der Waals surface area contributed by atoms with E-state index in [2.05, 4.69) is 10.1 Å². The van der Waals surface area contributed by atoms with E-state index < -0.39 is 0 Å². The molecule has 2 N–H and O–H groups in total. The Morgan fingerprint density at radius 2 is 2.37 bits per heavy atom. The van der Waals surface area contributed by atoms with Gasteiger partial charge in [0.2, 0.25) is 0 Å². The number of aromatic nitrogens is 3. The summed E-state index contributed by atoms with van der Waals surface area (Å²) in [7, 11) is 0. The van der Waals surface area contributed by atoms with E-state index in [4.69, 9.17) is 11.0 Å². The number of nitrogens with zero attached hydrogens (tertiary/aromatic N) is 4. The number of aryl methyl sites for hydroxylation is 1. The summed E-state index contributed by atoms with van der Waals surface area (Å²) in [5.41, 5.74) is 8.96. The average molecular weight is 269 g/mol. The molecule has 0 spiro atoms. The smallest absolute Gasteiger partial charge is 0.166 e. The van der Waals surface area contributed by atoms with Gasteiger partial charge in [0, 0.05) is 4.88 Å². The zero-order chi connectivity index (χ0) is 13.4. The molecule has 3 aromatic rings. The summed E-state index contributed by atoms with van der Waals surface area (Å²) in [6, 6.07) is 6.06. The van der Waals surface area contributed by atoms with E-state index in [0.717, 1.165) is 22.6 Å². The summed E-state index contributed by atoms with van der Waals surface area (Å²) in [5, 5.41) is 15.5. The predicted octanol–water partition coefficient (Wildman–Crippen LogP) is 2.47. The molecule has 0 bridgehead atoms. The second-order valence-corrected chi connectivity index (χ2v) is 5.00. The van der Waals surface area contributed by atoms with Crippen LogP contribution in [-0.2, 0) is 6.42 Å². The van der Waals surface area contributed by atoms with Crippen LogP contribution in [0.15, 0.2) is 23.7 Å². The molecule has 0 saturated heterocycles. The van der Waals surface area contributed by atoms with Crippen LogP contribution in [0.5, 0.6) is 0 Å². The first-order valence-corrected chi connectivity index (χ1v) is 6.74. The minimum absolute atomic E-state index is 0.338. The van der Waals surface area contributed by atoms with Crippen molar-refractivity contribution in [1.82, 2.24) is 14.6 Å². The van der Waals surface area contributed by atoms with Crippen LogP contribution in [0.4, 0.5) is 5.82 Å². The molecule has 0 fully saturated rings. The van der Waals surface area contributed by atoms with Crippen molar-refractivity contribution in [3.8, 4) is 16.5 Å². The Balaban J connectivity index is 2.39. The topological polar surface area (TPSA) is 80.0 Å². The Hall–Kier alpha value is -2.39. The molecule has 3 heterocycles. The highest BCUT2D eigenvalue weighted by atomic mass is 32.1. The van der Waals surface area contributed by atoms with Crippen molar-refractivity contribution < 1.29 is 0 Å². The summed E-state index contributed by atoms with van der Waals surface area (Å²) in [5.74, 6) is 0.338. The number of hydrogen-bond donors (Lipinski definition) is 1. The van der Waals surface area contributed by atoms with Crippen molar-refractivity contribution in [2.75, 3.05) is 5.73 Å². The fraction of sp³-hybridized carbons (Fsp3) is 0.154. The van der Waals surface area contributed by atoms with Crippen molar-refractivity contribution >= 4 is 22.8 Å². The summed E-state index contributed by atoms with van der Waals surface area (Å²) in [6.07, 6.45) is 2.29. The molecule has 3 rings (SSSR count). The zero-order valence-electron chi connectivity index (χ0n) is 10.3. The van der Waals surface area contributed by atoms with Crippen molar-refractivity contribution in [2.24, 2.45) is 0 Å². The maximum Gasteiger partial charge on any atom is 0.166 e. The van der Waals surface area contributed by atoms with Gasteiger partial charge in [-0.05, 0) is 17.9 Å². The number of hydrogen-bond acceptors (Lipinski definition) is 5. The van der Waals surface area contributed by atoms with Gasteiger partial charge in [-0.3, -0.25) is 0 Å². The molecule has 0 atom stereocenters. The van der Waals surface area contributed by atoms with Crippen molar-refractivity contribution in [3.05, 3.63) is 35.0 Å². The van der Waals surface area contributed by atoms with Gasteiger partial charge in [-0.2, -0.15) is 14.9 Å². The van der Waals surface area contributed by atoms with Gasteiger partial charge >= 0.3 is 0 Å². The number of rotatable bonds is 2. The number of anilines is 1. The van der Waals surface area contributed by atoms with Crippen LogP contribution in [0.25, 0.3) is 16.1 Å². The summed E-state index contributed by atoms with van der Waals surface area (Å²) in [4.78, 5) is 5.46. The first-order valence-electron chi connectivity index (χ1n) is 5.86. The second-order valence-electron chi connectivity index (χ2n) is 4.06. The van der Waals surface area contributed by atoms with Crippen LogP contribution in [0, 0.1) is 11.3 Å². The van der Waals surface area contributed by atoms with Crippen LogP contribution in [0.2, 0.25) is 0 Å². The number of nitriles is 1. The van der Waals surface area contributed by atoms with E-state index in [9.17, 15) is 0 Å². The monoisotopic (exact) mass is 269 g/mol. The minimum atomic E-state index is 0.338. The maximum absolute atomic E-state index is 8.99. The minimum Gasteiger partial charge on any atom is -0.382 e. The Morgan fingerprint density at radius 1 is 1.53 bits per heavy atom. The SMILES string of the molecule is CCc1nn2c(N)c(C#N)cnc2c1-c1cccs1. The van der Waals surface area contributed by atoms with Crippen molar-refractivity contribution in [2.45, 2.75) is 13.3 Å². The van der Waals surface area contributed by atoms with Gasteiger partial charge in [-0.1, -0.05) is 13.0 Å². The van der Waals surface area contributed by atoms with E-state index in [1.807, 2.05) is 30.5 Å². The zero-order valence-corrected chi connectivity index (χ0v) is 11.1. The first kappa shape index (κ1) is 11.7. The molecule has 0 aliphatic carbocycles. The van der Waals surface area contributed by atoms with E-state index in [1.165, 1.54) is 6.20 Å². The Morgan fingerprint density at radius 3 is 3.00 bits per heavy atom. The molecule has 94 valence electrons. The quantitative estimate of drug-likeness (QED) is 0.775. The molecule has 0 radical (unpaired) electrons. The summed E-state index contributed by atoms with van der Waals surface area (Å²) < 4.78 is 1.56. The lowest BCUT2D eigenvalue weighted by atomic mass is 10.1. The number of thiophene rings is 1. The standard InChI is InChI=1S/C13H11N5S/c1-2-9-11(10-4-3-5-19-10)13-16-7-8(6-14)12(15)18(13)17-9/h3-5,7H,2,15H2,1H3. The second kappa shape index (κ2) is 4.37. The lowest BCUT2D eigenvalue weighted by Crippen LogP contribution is -2.03. The Kier molecular flexibility index (Phi) is 2.69. The molecule has 6 heteroatoms. The molecular weight excluding hydrogens is 258 g/mol. The molecule has 0 aliphatic heterocycles. The van der Waals surface area contributed by atoms with Crippen molar-refractivity contribution in [3.63, 3.8) is 0 Å². The highest BCUT2D eigenvalue weighted by Crippen LogP contribution is 2.32. The van der Waals surface area contributed by atoms with E-state index in [-0.39, 0.29) is 0 Å². The summed E-state index contributed by atoms with van der Waals surface area (Å²) >= 11 is 1.64. The van der Waals surface area contributed by atoms with Crippen LogP contribution >= 0.6 is 11.3 Å². The molecule has 0 aromatic carbocycles. The molecule has 0 saturated carbocycles. The van der Waals surface area contributed by atoms with Crippen LogP contribution in [0.3, 0.4) is 0 Å². The molecule has 0 amide bonds. The molecule has 3 aromatic heterocycles. The Labute approximate surface area is 113 Å². The normalized spacial score (nSPS) is 10.7. The predicted molar refractivity (Wildman–Crippen MR) is 74.8 cm³/mol. The highest BCUT2D eigenvalue weighted by molar-refractivity contribution is 7.13. The first-order chi connectivity index (χ1) is 9.26. The third kappa shape index (κ3) is 1.67. The lowest BCUT2D eigenvalue weighted by Gasteiger charge is -2.00. The van der Waals surface area contributed by atoms with Gasteiger partial charge in [0.15, 0.2) is 5.65 Å². The number of fused-ring (bicyclic) bond motifs is 1. The largest absolute Gasteiger partial charge is 0.382 e. The maximum atomic E-state index is 8.99. The van der Waals surface area contributed by atoms with Crippen LogP contribution in [-0.4, -0.2) is 14.6 Å². The van der Waals surface area contributed by atoms with Crippen LogP contribution in [0.1, 0.15) is 18.2 Å². The van der Waals surface area contributed by atoms with Gasteiger partial charge in [0.1, 0.15) is 17.5 Å². The fourth-order valence-corrected chi connectivity index (χ4v) is 2.84. The van der Waals surface area contributed by atoms with Gasteiger partial charge in [0.05, 0.1) is 17.5 Å². The van der Waals surface area contributed by atoms with E-state index in [1.54, 1.807) is 15.9 Å². The molecule has 0 unspecified atom stereocenters. The average Bonchev–Trinajstić information content (AvgIpc) is 3.05. The summed E-state index contributed by atoms with van der Waals surface area (Å²) in [6.45, 7) is 2.04. The van der Waals surface area contributed by atoms with Gasteiger partial charge in [-0.25, -0.2) is 4.98 Å². The van der Waals surface area contributed by atoms with Crippen molar-refractivity contribution in [1.29, 1.82) is 5.26 Å². The molecule has 19 heavy (non-hydrogen) atoms. The lowest BCUT2D eigenvalue weighted by molar-refractivity contribution is 0.894. The van der Waals surface area contributed by atoms with E-state index >= 15 is 0 Å². The third-order valence-electron chi connectivity index (χ3n) is 2.98. The van der Waals surface area contributed by atoms with Crippen LogP contribution < -0.4 is 5.73 Å². The Bertz CT molecular complexity index is 780. The molecule has 0 aliphatic rings. The number of nitrogens with two attached hydrogens (primary N) is 1. The molecular formula is C13H11N5S. The third-order valence-corrected chi connectivity index (χ3v) is 3.86. The fourth-order valence-electron chi connectivity index (χ4n) is 2.05. The number of nitrogen functional groups attached to an aromatic ring is 1. The van der Waals surface area contributed by atoms with E-state index in [0.29, 0.717) is 17.0 Å².